The number of carbonyl (C=O) groups is 2. The summed E-state index contributed by atoms with van der Waals surface area (Å²) < 4.78 is 27.0. The number of nitrogens with one attached hydrogen (secondary N) is 1. The van der Waals surface area contributed by atoms with Crippen LogP contribution in [-0.4, -0.2) is 72.5 Å². The summed E-state index contributed by atoms with van der Waals surface area (Å²) >= 11 is 0. The van der Waals surface area contributed by atoms with Crippen LogP contribution < -0.4 is 5.32 Å². The summed E-state index contributed by atoms with van der Waals surface area (Å²) in [7, 11) is 0. The van der Waals surface area contributed by atoms with Crippen LogP contribution in [0.5, 0.6) is 0 Å². The second-order valence-corrected chi connectivity index (χ2v) is 8.98. The maximum absolute atomic E-state index is 13.5. The Morgan fingerprint density at radius 2 is 1.21 bits per heavy atom. The number of halogens is 2. The van der Waals surface area contributed by atoms with Crippen molar-refractivity contribution in [1.82, 2.24) is 20.0 Å². The van der Waals surface area contributed by atoms with E-state index >= 15 is 0 Å². The average Bonchev–Trinajstić information content (AvgIpc) is 3.15. The topological polar surface area (TPSA) is 55.9 Å². The van der Waals surface area contributed by atoms with Crippen LogP contribution in [0, 0.1) is 11.6 Å². The summed E-state index contributed by atoms with van der Waals surface area (Å²) in [6.45, 7) is 3.76. The predicted molar refractivity (Wildman–Crippen MR) is 126 cm³/mol. The van der Waals surface area contributed by atoms with E-state index < -0.39 is 0 Å². The number of carbonyl (C=O) groups excluding carboxylic acids is 2. The van der Waals surface area contributed by atoms with Gasteiger partial charge in [-0.15, -0.1) is 0 Å². The largest absolute Gasteiger partial charge is 0.339 e. The summed E-state index contributed by atoms with van der Waals surface area (Å²) in [4.78, 5) is 31.0. The summed E-state index contributed by atoms with van der Waals surface area (Å²) in [5.41, 5.74) is 1.83. The third kappa shape index (κ3) is 6.11. The van der Waals surface area contributed by atoms with Crippen LogP contribution in [0.1, 0.15) is 42.9 Å². The van der Waals surface area contributed by atoms with Gasteiger partial charge in [-0.05, 0) is 48.2 Å². The molecule has 2 aromatic carbocycles. The van der Waals surface area contributed by atoms with E-state index in [1.807, 2.05) is 0 Å². The third-order valence-corrected chi connectivity index (χ3v) is 6.69. The minimum Gasteiger partial charge on any atom is -0.339 e. The minimum atomic E-state index is -0.306. The van der Waals surface area contributed by atoms with E-state index in [4.69, 9.17) is 0 Å². The number of piperazine rings is 1. The summed E-state index contributed by atoms with van der Waals surface area (Å²) in [6, 6.07) is 12.4. The van der Waals surface area contributed by atoms with Crippen LogP contribution >= 0.6 is 0 Å². The Labute approximate surface area is 199 Å². The first kappa shape index (κ1) is 24.1. The molecule has 2 aliphatic heterocycles. The molecule has 2 saturated heterocycles. The molecule has 0 radical (unpaired) electrons. The first-order valence-electron chi connectivity index (χ1n) is 12.1. The van der Waals surface area contributed by atoms with Gasteiger partial charge in [0.05, 0.1) is 12.6 Å². The lowest BCUT2D eigenvalue weighted by Crippen LogP contribution is -2.53. The van der Waals surface area contributed by atoms with Gasteiger partial charge < -0.3 is 15.1 Å². The molecule has 3 amide bonds. The highest BCUT2D eigenvalue weighted by Gasteiger charge is 2.28. The lowest BCUT2D eigenvalue weighted by Gasteiger charge is -2.40. The molecule has 0 atom stereocenters. The third-order valence-electron chi connectivity index (χ3n) is 6.69. The number of nitrogens with zero attached hydrogens (tertiary/aromatic N) is 3. The zero-order valence-electron chi connectivity index (χ0n) is 19.4. The second kappa shape index (κ2) is 11.4. The number of hydrogen-bond acceptors (Lipinski definition) is 3. The number of amides is 3. The van der Waals surface area contributed by atoms with Crippen molar-refractivity contribution in [1.29, 1.82) is 0 Å². The standard InChI is InChI=1S/C26H32F2N4O2/c27-22-9-5-20(6-10-22)25(21-7-11-23(28)12-8-21)31-17-15-30(16-18-31)24(33)19-29-26(34)32-13-3-1-2-4-14-32/h5-12,25H,1-4,13-19H2,(H,29,34). The summed E-state index contributed by atoms with van der Waals surface area (Å²) in [6.07, 6.45) is 4.30. The van der Waals surface area contributed by atoms with Gasteiger partial charge in [-0.3, -0.25) is 9.69 Å². The van der Waals surface area contributed by atoms with Crippen LogP contribution in [0.2, 0.25) is 0 Å². The van der Waals surface area contributed by atoms with Gasteiger partial charge in [0, 0.05) is 39.3 Å². The molecule has 34 heavy (non-hydrogen) atoms. The van der Waals surface area contributed by atoms with E-state index in [0.29, 0.717) is 26.2 Å². The van der Waals surface area contributed by atoms with E-state index in [-0.39, 0.29) is 36.2 Å². The minimum absolute atomic E-state index is 0.00527. The molecule has 0 saturated carbocycles. The number of benzene rings is 2. The molecule has 0 aromatic heterocycles. The Kier molecular flexibility index (Phi) is 8.11. The molecule has 6 nitrogen and oxygen atoms in total. The quantitative estimate of drug-likeness (QED) is 0.724. The van der Waals surface area contributed by atoms with Gasteiger partial charge in [0.1, 0.15) is 11.6 Å². The fourth-order valence-corrected chi connectivity index (χ4v) is 4.78. The molecular weight excluding hydrogens is 438 g/mol. The summed E-state index contributed by atoms with van der Waals surface area (Å²) in [5, 5.41) is 2.78. The lowest BCUT2D eigenvalue weighted by atomic mass is 9.96. The highest BCUT2D eigenvalue weighted by molar-refractivity contribution is 5.84. The maximum atomic E-state index is 13.5. The molecule has 4 rings (SSSR count). The number of urea groups is 1. The molecule has 2 heterocycles. The summed E-state index contributed by atoms with van der Waals surface area (Å²) in [5.74, 6) is -0.707. The lowest BCUT2D eigenvalue weighted by molar-refractivity contribution is -0.132. The van der Waals surface area contributed by atoms with Crippen LogP contribution in [-0.2, 0) is 4.79 Å². The Morgan fingerprint density at radius 3 is 1.71 bits per heavy atom. The Morgan fingerprint density at radius 1 is 0.706 bits per heavy atom. The van der Waals surface area contributed by atoms with Crippen LogP contribution in [0.4, 0.5) is 13.6 Å². The highest BCUT2D eigenvalue weighted by atomic mass is 19.1. The van der Waals surface area contributed by atoms with Gasteiger partial charge in [-0.2, -0.15) is 0 Å². The average molecular weight is 471 g/mol. The van der Waals surface area contributed by atoms with Crippen molar-refractivity contribution in [2.75, 3.05) is 45.8 Å². The number of rotatable bonds is 5. The van der Waals surface area contributed by atoms with E-state index in [1.165, 1.54) is 24.3 Å². The highest BCUT2D eigenvalue weighted by Crippen LogP contribution is 2.30. The van der Waals surface area contributed by atoms with Crippen molar-refractivity contribution in [2.24, 2.45) is 0 Å². The zero-order valence-corrected chi connectivity index (χ0v) is 19.4. The van der Waals surface area contributed by atoms with E-state index in [0.717, 1.165) is 49.9 Å². The van der Waals surface area contributed by atoms with Gasteiger partial charge in [0.15, 0.2) is 0 Å². The van der Waals surface area contributed by atoms with Gasteiger partial charge >= 0.3 is 6.03 Å². The normalized spacial score (nSPS) is 17.5. The van der Waals surface area contributed by atoms with Gasteiger partial charge in [0.25, 0.3) is 0 Å². The van der Waals surface area contributed by atoms with E-state index in [2.05, 4.69) is 10.2 Å². The van der Waals surface area contributed by atoms with Crippen molar-refractivity contribution in [2.45, 2.75) is 31.7 Å². The first-order valence-corrected chi connectivity index (χ1v) is 12.1. The Balaban J connectivity index is 1.35. The van der Waals surface area contributed by atoms with Crippen molar-refractivity contribution < 1.29 is 18.4 Å². The first-order chi connectivity index (χ1) is 16.5. The molecule has 0 spiro atoms. The molecule has 2 aliphatic rings. The molecule has 2 aromatic rings. The van der Waals surface area contributed by atoms with Crippen molar-refractivity contribution in [3.05, 3.63) is 71.3 Å². The monoisotopic (exact) mass is 470 g/mol. The van der Waals surface area contributed by atoms with Crippen molar-refractivity contribution >= 4 is 11.9 Å². The van der Waals surface area contributed by atoms with E-state index in [9.17, 15) is 18.4 Å². The molecule has 182 valence electrons. The van der Waals surface area contributed by atoms with Crippen molar-refractivity contribution in [3.63, 3.8) is 0 Å². The van der Waals surface area contributed by atoms with Crippen molar-refractivity contribution in [3.8, 4) is 0 Å². The molecular formula is C26H32F2N4O2. The molecule has 1 N–H and O–H groups in total. The van der Waals surface area contributed by atoms with Crippen LogP contribution in [0.15, 0.2) is 48.5 Å². The Hall–Kier alpha value is -3.00. The number of hydrogen-bond donors (Lipinski definition) is 1. The molecule has 8 heteroatoms. The SMILES string of the molecule is O=C(CNC(=O)N1CCCCCC1)N1CCN(C(c2ccc(F)cc2)c2ccc(F)cc2)CC1. The fraction of sp³-hybridized carbons (Fsp3) is 0.462. The molecule has 2 fully saturated rings. The fourth-order valence-electron chi connectivity index (χ4n) is 4.78. The molecule has 0 aliphatic carbocycles. The Bertz CT molecular complexity index is 906. The van der Waals surface area contributed by atoms with Crippen LogP contribution in [0.3, 0.4) is 0 Å². The predicted octanol–water partition coefficient (Wildman–Crippen LogP) is 3.78. The van der Waals surface area contributed by atoms with Crippen LogP contribution in [0.25, 0.3) is 0 Å². The van der Waals surface area contributed by atoms with Gasteiger partial charge in [0.2, 0.25) is 5.91 Å². The molecule has 0 bridgehead atoms. The smallest absolute Gasteiger partial charge is 0.317 e. The van der Waals surface area contributed by atoms with Gasteiger partial charge in [-0.25, -0.2) is 13.6 Å². The van der Waals surface area contributed by atoms with Gasteiger partial charge in [-0.1, -0.05) is 37.1 Å². The zero-order chi connectivity index (χ0) is 23.9. The molecule has 0 unspecified atom stereocenters. The second-order valence-electron chi connectivity index (χ2n) is 8.98. The van der Waals surface area contributed by atoms with E-state index in [1.54, 1.807) is 34.1 Å². The number of likely N-dealkylation sites (tertiary alicyclic amines) is 1. The maximum Gasteiger partial charge on any atom is 0.317 e.